The molecule has 0 amide bonds. The zero-order valence-electron chi connectivity index (χ0n) is 18.9. The predicted molar refractivity (Wildman–Crippen MR) is 120 cm³/mol. The molecule has 6 nitrogen and oxygen atoms in total. The Hall–Kier alpha value is -2.73. The second-order valence-corrected chi connectivity index (χ2v) is 7.91. The number of hydrogen-bond donors (Lipinski definition) is 0. The van der Waals surface area contributed by atoms with Gasteiger partial charge in [0.1, 0.15) is 0 Å². The maximum absolute atomic E-state index is 12.6. The molecule has 0 aliphatic carbocycles. The van der Waals surface area contributed by atoms with Crippen LogP contribution in [0.3, 0.4) is 0 Å². The Morgan fingerprint density at radius 3 is 2.32 bits per heavy atom. The number of likely N-dealkylation sites (tertiary alicyclic amines) is 1. The molecule has 2 unspecified atom stereocenters. The third kappa shape index (κ3) is 5.50. The number of carbonyl (C=O) groups excluding carboxylic acids is 1. The van der Waals surface area contributed by atoms with E-state index in [0.717, 1.165) is 19.5 Å². The van der Waals surface area contributed by atoms with Crippen molar-refractivity contribution in [1.29, 1.82) is 0 Å². The topological polar surface area (TPSA) is 57.2 Å². The van der Waals surface area contributed by atoms with Gasteiger partial charge >= 0.3 is 5.97 Å². The van der Waals surface area contributed by atoms with E-state index in [1.807, 2.05) is 0 Å². The normalized spacial score (nSPS) is 19.0. The summed E-state index contributed by atoms with van der Waals surface area (Å²) in [4.78, 5) is 15.1. The van der Waals surface area contributed by atoms with E-state index < -0.39 is 5.97 Å². The molecule has 0 saturated carbocycles. The summed E-state index contributed by atoms with van der Waals surface area (Å²) in [5.74, 6) is 1.53. The van der Waals surface area contributed by atoms with Crippen molar-refractivity contribution in [2.45, 2.75) is 32.2 Å². The summed E-state index contributed by atoms with van der Waals surface area (Å²) < 4.78 is 21.5. The summed E-state index contributed by atoms with van der Waals surface area (Å²) >= 11 is 0. The first-order valence-corrected chi connectivity index (χ1v) is 10.8. The fourth-order valence-electron chi connectivity index (χ4n) is 4.43. The van der Waals surface area contributed by atoms with Crippen LogP contribution in [0.5, 0.6) is 17.2 Å². The van der Waals surface area contributed by atoms with Crippen LogP contribution in [0.4, 0.5) is 0 Å². The van der Waals surface area contributed by atoms with Gasteiger partial charge in [-0.05, 0) is 49.4 Å². The van der Waals surface area contributed by atoms with Crippen LogP contribution in [0, 0.1) is 5.92 Å². The van der Waals surface area contributed by atoms with Crippen molar-refractivity contribution >= 4 is 5.97 Å². The first kappa shape index (κ1) is 22.9. The van der Waals surface area contributed by atoms with Crippen LogP contribution in [0.1, 0.15) is 48.1 Å². The number of rotatable bonds is 9. The van der Waals surface area contributed by atoms with E-state index in [1.165, 1.54) is 39.7 Å². The summed E-state index contributed by atoms with van der Waals surface area (Å²) in [6.07, 6.45) is 3.23. The van der Waals surface area contributed by atoms with Gasteiger partial charge in [0.15, 0.2) is 11.5 Å². The predicted octanol–water partition coefficient (Wildman–Crippen LogP) is 4.73. The fraction of sp³-hybridized carbons (Fsp3) is 0.480. The number of piperidine rings is 1. The van der Waals surface area contributed by atoms with E-state index in [1.54, 1.807) is 12.1 Å². The van der Waals surface area contributed by atoms with Crippen LogP contribution in [0.2, 0.25) is 0 Å². The smallest absolute Gasteiger partial charge is 0.338 e. The number of carbonyl (C=O) groups is 1. The van der Waals surface area contributed by atoms with Crippen LogP contribution in [0.15, 0.2) is 42.5 Å². The number of hydrogen-bond acceptors (Lipinski definition) is 6. The largest absolute Gasteiger partial charge is 0.493 e. The number of ether oxygens (including phenoxy) is 4. The van der Waals surface area contributed by atoms with Gasteiger partial charge in [0.05, 0.1) is 33.5 Å². The second-order valence-electron chi connectivity index (χ2n) is 7.91. The quantitative estimate of drug-likeness (QED) is 0.426. The van der Waals surface area contributed by atoms with E-state index >= 15 is 0 Å². The molecular weight excluding hydrogens is 394 g/mol. The Morgan fingerprint density at radius 2 is 1.71 bits per heavy atom. The third-order valence-corrected chi connectivity index (χ3v) is 5.90. The molecule has 0 radical (unpaired) electrons. The number of esters is 1. The molecule has 0 N–H and O–H groups in total. The number of nitrogens with zero attached hydrogens (tertiary/aromatic N) is 1. The van der Waals surface area contributed by atoms with Crippen LogP contribution in [-0.4, -0.2) is 51.9 Å². The van der Waals surface area contributed by atoms with Gasteiger partial charge in [-0.25, -0.2) is 4.79 Å². The van der Waals surface area contributed by atoms with Gasteiger partial charge in [-0.3, -0.25) is 4.90 Å². The average molecular weight is 428 g/mol. The molecule has 1 aliphatic heterocycles. The van der Waals surface area contributed by atoms with Crippen molar-refractivity contribution in [3.05, 3.63) is 53.6 Å². The van der Waals surface area contributed by atoms with Crippen LogP contribution >= 0.6 is 0 Å². The van der Waals surface area contributed by atoms with E-state index in [0.29, 0.717) is 41.4 Å². The lowest BCUT2D eigenvalue weighted by Crippen LogP contribution is -2.38. The van der Waals surface area contributed by atoms with Gasteiger partial charge in [-0.2, -0.15) is 0 Å². The van der Waals surface area contributed by atoms with Gasteiger partial charge in [-0.15, -0.1) is 0 Å². The molecule has 2 atom stereocenters. The Labute approximate surface area is 185 Å². The summed E-state index contributed by atoms with van der Waals surface area (Å²) in [5.41, 5.74) is 1.74. The van der Waals surface area contributed by atoms with Gasteiger partial charge in [0.25, 0.3) is 0 Å². The van der Waals surface area contributed by atoms with Crippen LogP contribution < -0.4 is 14.2 Å². The Morgan fingerprint density at radius 1 is 1.03 bits per heavy atom. The van der Waals surface area contributed by atoms with Gasteiger partial charge in [-0.1, -0.05) is 37.3 Å². The highest BCUT2D eigenvalue weighted by molar-refractivity contribution is 5.91. The highest BCUT2D eigenvalue weighted by atomic mass is 16.5. The van der Waals surface area contributed by atoms with Crippen molar-refractivity contribution in [1.82, 2.24) is 4.90 Å². The molecule has 6 heteroatoms. The molecule has 0 spiro atoms. The fourth-order valence-corrected chi connectivity index (χ4v) is 4.43. The summed E-state index contributed by atoms with van der Waals surface area (Å²) in [5, 5.41) is 0. The van der Waals surface area contributed by atoms with E-state index in [2.05, 4.69) is 42.2 Å². The second kappa shape index (κ2) is 11.0. The molecular formula is C25H33NO5. The summed E-state index contributed by atoms with van der Waals surface area (Å²) in [6, 6.07) is 14.3. The van der Waals surface area contributed by atoms with Crippen molar-refractivity contribution in [2.24, 2.45) is 5.92 Å². The molecule has 2 aromatic rings. The Bertz CT molecular complexity index is 829. The molecule has 31 heavy (non-hydrogen) atoms. The molecule has 0 aromatic heterocycles. The number of benzene rings is 2. The van der Waals surface area contributed by atoms with E-state index in [4.69, 9.17) is 18.9 Å². The molecule has 168 valence electrons. The minimum atomic E-state index is -0.397. The van der Waals surface area contributed by atoms with Crippen molar-refractivity contribution in [3.63, 3.8) is 0 Å². The lowest BCUT2D eigenvalue weighted by atomic mass is 9.86. The SMILES string of the molecule is COc1cc(C(=O)OCCCN2CCCC(C)C2c2ccccc2)cc(OC)c1OC. The van der Waals surface area contributed by atoms with Crippen molar-refractivity contribution in [3.8, 4) is 17.2 Å². The van der Waals surface area contributed by atoms with Crippen molar-refractivity contribution < 1.29 is 23.7 Å². The van der Waals surface area contributed by atoms with Crippen molar-refractivity contribution in [2.75, 3.05) is 41.0 Å². The minimum absolute atomic E-state index is 0.363. The highest BCUT2D eigenvalue weighted by Crippen LogP contribution is 2.38. The molecule has 1 heterocycles. The molecule has 3 rings (SSSR count). The first-order valence-electron chi connectivity index (χ1n) is 10.8. The molecule has 1 saturated heterocycles. The maximum atomic E-state index is 12.6. The molecule has 2 aromatic carbocycles. The Kier molecular flexibility index (Phi) is 8.18. The lowest BCUT2D eigenvalue weighted by Gasteiger charge is -2.40. The van der Waals surface area contributed by atoms with Gasteiger partial charge in [0, 0.05) is 12.6 Å². The molecule has 1 aliphatic rings. The lowest BCUT2D eigenvalue weighted by molar-refractivity contribution is 0.0449. The van der Waals surface area contributed by atoms with Crippen LogP contribution in [0.25, 0.3) is 0 Å². The Balaban J connectivity index is 1.58. The highest BCUT2D eigenvalue weighted by Gasteiger charge is 2.29. The summed E-state index contributed by atoms with van der Waals surface area (Å²) in [7, 11) is 4.58. The standard InChI is InChI=1S/C25H33NO5/c1-18-10-8-13-26(23(18)19-11-6-5-7-12-19)14-9-15-31-25(27)20-16-21(28-2)24(30-4)22(17-20)29-3/h5-7,11-12,16-18,23H,8-10,13-15H2,1-4H3. The molecule has 1 fully saturated rings. The third-order valence-electron chi connectivity index (χ3n) is 5.90. The summed E-state index contributed by atoms with van der Waals surface area (Å²) in [6.45, 7) is 4.66. The first-order chi connectivity index (χ1) is 15.1. The van der Waals surface area contributed by atoms with E-state index in [9.17, 15) is 4.79 Å². The van der Waals surface area contributed by atoms with Crippen LogP contribution in [-0.2, 0) is 4.74 Å². The number of methoxy groups -OCH3 is 3. The van der Waals surface area contributed by atoms with Gasteiger partial charge < -0.3 is 18.9 Å². The van der Waals surface area contributed by atoms with Gasteiger partial charge in [0.2, 0.25) is 5.75 Å². The minimum Gasteiger partial charge on any atom is -0.493 e. The monoisotopic (exact) mass is 427 g/mol. The van der Waals surface area contributed by atoms with E-state index in [-0.39, 0.29) is 0 Å². The molecule has 0 bridgehead atoms. The average Bonchev–Trinajstić information content (AvgIpc) is 2.81. The maximum Gasteiger partial charge on any atom is 0.338 e. The zero-order valence-corrected chi connectivity index (χ0v) is 18.9. The zero-order chi connectivity index (χ0) is 22.2.